The summed E-state index contributed by atoms with van der Waals surface area (Å²) in [5, 5.41) is 12.7. The van der Waals surface area contributed by atoms with Crippen LogP contribution in [0.2, 0.25) is 5.02 Å². The van der Waals surface area contributed by atoms with E-state index < -0.39 is 31.5 Å². The van der Waals surface area contributed by atoms with Crippen LogP contribution in [0.15, 0.2) is 28.7 Å². The van der Waals surface area contributed by atoms with Crippen LogP contribution < -0.4 is 10.6 Å². The first-order valence-electron chi connectivity index (χ1n) is 8.92. The Kier molecular flexibility index (Phi) is 5.88. The Hall–Kier alpha value is -1.84. The van der Waals surface area contributed by atoms with E-state index in [0.29, 0.717) is 0 Å². The van der Waals surface area contributed by atoms with E-state index in [2.05, 4.69) is 10.6 Å². The molecule has 0 bridgehead atoms. The van der Waals surface area contributed by atoms with E-state index in [1.165, 1.54) is 12.1 Å². The summed E-state index contributed by atoms with van der Waals surface area (Å²) in [5.74, 6) is -0.787. The number of sulfone groups is 1. The number of phenolic OH excluding ortho intramolecular Hbond substituents is 1. The van der Waals surface area contributed by atoms with Crippen molar-refractivity contribution in [2.24, 2.45) is 0 Å². The summed E-state index contributed by atoms with van der Waals surface area (Å²) in [6.07, 6.45) is 2.91. The normalized spacial score (nSPS) is 21.8. The smallest absolute Gasteiger partial charge is 0.319 e. The van der Waals surface area contributed by atoms with Crippen LogP contribution in [-0.4, -0.2) is 43.8 Å². The Balaban J connectivity index is 1.88. The number of halogens is 2. The highest BCUT2D eigenvalue weighted by Crippen LogP contribution is 2.45. The van der Waals surface area contributed by atoms with Gasteiger partial charge in [0.25, 0.3) is 0 Å². The molecule has 1 fully saturated rings. The molecule has 3 N–H and O–H groups in total. The van der Waals surface area contributed by atoms with E-state index in [1.807, 2.05) is 13.0 Å². The summed E-state index contributed by atoms with van der Waals surface area (Å²) in [4.78, 5) is 11.5. The molecule has 1 aliphatic heterocycles. The van der Waals surface area contributed by atoms with Crippen LogP contribution in [0.4, 0.5) is 14.9 Å². The third-order valence-corrected chi connectivity index (χ3v) is 7.85. The molecule has 10 heteroatoms. The lowest BCUT2D eigenvalue weighted by atomic mass is 10.2. The molecule has 2 aliphatic rings. The number of ether oxygens (including phenoxy) is 1. The van der Waals surface area contributed by atoms with Crippen LogP contribution in [0.5, 0.6) is 5.75 Å². The Morgan fingerprint density at radius 1 is 1.36 bits per heavy atom. The van der Waals surface area contributed by atoms with Gasteiger partial charge in [0.05, 0.1) is 30.0 Å². The predicted molar refractivity (Wildman–Crippen MR) is 103 cm³/mol. The maximum absolute atomic E-state index is 15.2. The number of nitrogens with one attached hydrogen (secondary N) is 2. The molecule has 1 aromatic rings. The lowest BCUT2D eigenvalue weighted by Crippen LogP contribution is -2.40. The first-order chi connectivity index (χ1) is 13.2. The number of rotatable bonds is 4. The Bertz CT molecular complexity index is 913. The third kappa shape index (κ3) is 3.83. The second kappa shape index (κ2) is 7.88. The van der Waals surface area contributed by atoms with Gasteiger partial charge in [0, 0.05) is 12.8 Å². The monoisotopic (exact) mass is 432 g/mol. The van der Waals surface area contributed by atoms with Gasteiger partial charge >= 0.3 is 6.03 Å². The predicted octanol–water partition coefficient (Wildman–Crippen LogP) is 3.53. The fraction of sp³-hybridized carbons (Fsp3) is 0.500. The molecule has 3 rings (SSSR count). The summed E-state index contributed by atoms with van der Waals surface area (Å²) in [6, 6.07) is 1.73. The van der Waals surface area contributed by atoms with Crippen molar-refractivity contribution in [1.29, 1.82) is 0 Å². The molecule has 1 saturated heterocycles. The zero-order chi connectivity index (χ0) is 20.5. The number of urea groups is 1. The van der Waals surface area contributed by atoms with Crippen LogP contribution in [0.25, 0.3) is 0 Å². The van der Waals surface area contributed by atoms with Crippen molar-refractivity contribution >= 4 is 33.2 Å². The zero-order valence-corrected chi connectivity index (χ0v) is 16.9. The lowest BCUT2D eigenvalue weighted by Gasteiger charge is -2.29. The molecule has 154 valence electrons. The SMILES string of the molecule is CC1=CCC[C@H]1NC(=O)Nc1ccc(Cl)c(S(=O)(=O)C2(F)CCOCC2)c1O. The number of hydrogen-bond acceptors (Lipinski definition) is 5. The van der Waals surface area contributed by atoms with E-state index in [4.69, 9.17) is 16.3 Å². The van der Waals surface area contributed by atoms with E-state index >= 15 is 4.39 Å². The van der Waals surface area contributed by atoms with Crippen molar-refractivity contribution in [3.05, 3.63) is 28.8 Å². The van der Waals surface area contributed by atoms with Crippen LogP contribution in [0, 0.1) is 0 Å². The van der Waals surface area contributed by atoms with Crippen molar-refractivity contribution in [2.75, 3.05) is 18.5 Å². The van der Waals surface area contributed by atoms with E-state index in [9.17, 15) is 18.3 Å². The molecule has 1 atom stereocenters. The number of benzene rings is 1. The maximum Gasteiger partial charge on any atom is 0.319 e. The van der Waals surface area contributed by atoms with Gasteiger partial charge in [0.2, 0.25) is 14.8 Å². The van der Waals surface area contributed by atoms with Crippen molar-refractivity contribution in [3.8, 4) is 5.75 Å². The maximum atomic E-state index is 15.2. The second-order valence-electron chi connectivity index (χ2n) is 6.95. The van der Waals surface area contributed by atoms with Crippen LogP contribution in [0.1, 0.15) is 32.6 Å². The molecular formula is C18H22ClFN2O5S. The number of carbonyl (C=O) groups is 1. The Morgan fingerprint density at radius 3 is 2.64 bits per heavy atom. The second-order valence-corrected chi connectivity index (χ2v) is 9.50. The van der Waals surface area contributed by atoms with Crippen molar-refractivity contribution in [3.63, 3.8) is 0 Å². The van der Waals surface area contributed by atoms with E-state index in [-0.39, 0.29) is 42.8 Å². The largest absolute Gasteiger partial charge is 0.504 e. The van der Waals surface area contributed by atoms with Gasteiger partial charge in [-0.3, -0.25) is 0 Å². The first kappa shape index (κ1) is 20.9. The first-order valence-corrected chi connectivity index (χ1v) is 10.8. The minimum atomic E-state index is -4.62. The van der Waals surface area contributed by atoms with Gasteiger partial charge in [-0.1, -0.05) is 23.3 Å². The van der Waals surface area contributed by atoms with Crippen molar-refractivity contribution in [2.45, 2.75) is 48.5 Å². The van der Waals surface area contributed by atoms with Gasteiger partial charge in [-0.2, -0.15) is 0 Å². The van der Waals surface area contributed by atoms with Gasteiger partial charge in [-0.25, -0.2) is 17.6 Å². The molecule has 0 unspecified atom stereocenters. The quantitative estimate of drug-likeness (QED) is 0.498. The molecule has 1 heterocycles. The molecule has 0 spiro atoms. The van der Waals surface area contributed by atoms with Gasteiger partial charge in [0.15, 0.2) is 5.75 Å². The molecule has 7 nitrogen and oxygen atoms in total. The molecule has 0 radical (unpaired) electrons. The number of aromatic hydroxyl groups is 1. The minimum Gasteiger partial charge on any atom is -0.504 e. The molecule has 0 aromatic heterocycles. The lowest BCUT2D eigenvalue weighted by molar-refractivity contribution is 0.0323. The molecule has 2 amide bonds. The standard InChI is InChI=1S/C18H22ClFN2O5S/c1-11-3-2-4-13(11)21-17(24)22-14-6-5-12(19)16(15(14)23)28(25,26)18(20)7-9-27-10-8-18/h3,5-6,13,23H,2,4,7-10H2,1H3,(H2,21,22,24)/t13-/m1/s1. The van der Waals surface area contributed by atoms with Gasteiger partial charge < -0.3 is 20.5 Å². The van der Waals surface area contributed by atoms with Crippen LogP contribution in [0.3, 0.4) is 0 Å². The number of hydrogen-bond donors (Lipinski definition) is 3. The number of phenols is 1. The molecule has 1 aliphatic carbocycles. The van der Waals surface area contributed by atoms with Crippen LogP contribution >= 0.6 is 11.6 Å². The van der Waals surface area contributed by atoms with Crippen molar-refractivity contribution in [1.82, 2.24) is 5.32 Å². The highest BCUT2D eigenvalue weighted by atomic mass is 35.5. The minimum absolute atomic E-state index is 0.0529. The summed E-state index contributed by atoms with van der Waals surface area (Å²) < 4.78 is 46.0. The summed E-state index contributed by atoms with van der Waals surface area (Å²) >= 11 is 5.99. The van der Waals surface area contributed by atoms with E-state index in [1.54, 1.807) is 0 Å². The topological polar surface area (TPSA) is 105 Å². The van der Waals surface area contributed by atoms with Gasteiger partial charge in [-0.15, -0.1) is 0 Å². The molecule has 1 aromatic carbocycles. The average Bonchev–Trinajstić information content (AvgIpc) is 3.02. The number of alkyl halides is 1. The Labute approximate surface area is 167 Å². The molecule has 28 heavy (non-hydrogen) atoms. The number of carbonyl (C=O) groups excluding carboxylic acids is 1. The van der Waals surface area contributed by atoms with Crippen LogP contribution in [-0.2, 0) is 14.6 Å². The van der Waals surface area contributed by atoms with Gasteiger partial charge in [-0.05, 0) is 31.9 Å². The van der Waals surface area contributed by atoms with E-state index in [0.717, 1.165) is 18.4 Å². The summed E-state index contributed by atoms with van der Waals surface area (Å²) in [6.45, 7) is 1.79. The summed E-state index contributed by atoms with van der Waals surface area (Å²) in [7, 11) is -4.62. The number of anilines is 1. The summed E-state index contributed by atoms with van der Waals surface area (Å²) in [5.41, 5.74) is 0.855. The van der Waals surface area contributed by atoms with Gasteiger partial charge in [0.1, 0.15) is 4.90 Å². The fourth-order valence-electron chi connectivity index (χ4n) is 3.38. The number of amides is 2. The zero-order valence-electron chi connectivity index (χ0n) is 15.3. The highest BCUT2D eigenvalue weighted by Gasteiger charge is 2.48. The Morgan fingerprint density at radius 2 is 2.04 bits per heavy atom. The molecule has 0 saturated carbocycles. The number of allylic oxidation sites excluding steroid dienone is 1. The molecular weight excluding hydrogens is 411 g/mol. The van der Waals surface area contributed by atoms with Crippen molar-refractivity contribution < 1.29 is 27.4 Å². The average molecular weight is 433 g/mol. The third-order valence-electron chi connectivity index (χ3n) is 5.10. The highest BCUT2D eigenvalue weighted by molar-refractivity contribution is 7.92. The fourth-order valence-corrected chi connectivity index (χ4v) is 5.60.